The van der Waals surface area contributed by atoms with Crippen LogP contribution in [0.25, 0.3) is 42.7 Å². The van der Waals surface area contributed by atoms with Gasteiger partial charge in [-0.2, -0.15) is 0 Å². The third kappa shape index (κ3) is 5.29. The van der Waals surface area contributed by atoms with Crippen molar-refractivity contribution in [3.05, 3.63) is 50.2 Å². The zero-order chi connectivity index (χ0) is 28.9. The summed E-state index contributed by atoms with van der Waals surface area (Å²) in [4.78, 5) is 0. The number of fused-ring (bicyclic) bond motifs is 3. The van der Waals surface area contributed by atoms with Crippen LogP contribution in [0.2, 0.25) is 40.2 Å². The number of hydrogen-bond acceptors (Lipinski definition) is 6. The fraction of sp³-hybridized carbons (Fsp3) is 0.308. The lowest BCUT2D eigenvalue weighted by Crippen LogP contribution is -1.94. The molecule has 0 aliphatic carbocycles. The van der Waals surface area contributed by atoms with E-state index in [4.69, 9.17) is 92.8 Å². The zero-order valence-corrected chi connectivity index (χ0v) is 28.6. The maximum Gasteiger partial charge on any atom is 0.150 e. The van der Waals surface area contributed by atoms with E-state index in [0.717, 1.165) is 48.5 Å². The summed E-state index contributed by atoms with van der Waals surface area (Å²) in [7, 11) is 0. The first kappa shape index (κ1) is 31.1. The lowest BCUT2D eigenvalue weighted by molar-refractivity contribution is 0.780. The van der Waals surface area contributed by atoms with E-state index in [1.54, 1.807) is 0 Å². The van der Waals surface area contributed by atoms with Crippen molar-refractivity contribution >= 4 is 137 Å². The highest BCUT2D eigenvalue weighted by Crippen LogP contribution is 2.57. The molecular formula is C26H18Cl8N4S2. The second kappa shape index (κ2) is 12.7. The van der Waals surface area contributed by atoms with E-state index in [1.807, 2.05) is 0 Å². The average molecular weight is 734 g/mol. The van der Waals surface area contributed by atoms with E-state index in [2.05, 4.69) is 34.2 Å². The highest BCUT2D eigenvalue weighted by molar-refractivity contribution is 7.15. The Labute approximate surface area is 278 Å². The number of halogens is 8. The molecule has 0 atom stereocenters. The Kier molecular flexibility index (Phi) is 9.86. The van der Waals surface area contributed by atoms with Gasteiger partial charge < -0.3 is 0 Å². The smallest absolute Gasteiger partial charge is 0.143 e. The van der Waals surface area contributed by atoms with Crippen LogP contribution >= 0.6 is 115 Å². The Hall–Kier alpha value is -0.380. The van der Waals surface area contributed by atoms with Gasteiger partial charge in [-0.15, -0.1) is 20.4 Å². The summed E-state index contributed by atoms with van der Waals surface area (Å²) in [5, 5.41) is 22.9. The molecule has 0 saturated carbocycles. The molecule has 0 aliphatic rings. The van der Waals surface area contributed by atoms with Gasteiger partial charge in [-0.25, -0.2) is 0 Å². The van der Waals surface area contributed by atoms with Crippen molar-refractivity contribution in [2.24, 2.45) is 0 Å². The van der Waals surface area contributed by atoms with Crippen LogP contribution in [-0.2, 0) is 12.8 Å². The maximum absolute atomic E-state index is 7.08. The average Bonchev–Trinajstić information content (AvgIpc) is 3.59. The molecule has 3 aromatic carbocycles. The van der Waals surface area contributed by atoms with Crippen LogP contribution in [0.15, 0.2) is 0 Å². The van der Waals surface area contributed by atoms with Crippen molar-refractivity contribution in [3.63, 3.8) is 0 Å². The van der Waals surface area contributed by atoms with Gasteiger partial charge >= 0.3 is 0 Å². The largest absolute Gasteiger partial charge is 0.150 e. The van der Waals surface area contributed by atoms with Crippen molar-refractivity contribution < 1.29 is 0 Å². The first-order chi connectivity index (χ1) is 19.1. The molecule has 0 fully saturated rings. The van der Waals surface area contributed by atoms with Crippen molar-refractivity contribution in [2.75, 3.05) is 0 Å². The summed E-state index contributed by atoms with van der Waals surface area (Å²) >= 11 is 58.0. The minimum atomic E-state index is 0.123. The van der Waals surface area contributed by atoms with Crippen LogP contribution in [0, 0.1) is 0 Å². The Morgan fingerprint density at radius 1 is 0.450 bits per heavy atom. The van der Waals surface area contributed by atoms with E-state index in [1.165, 1.54) is 22.7 Å². The van der Waals surface area contributed by atoms with E-state index < -0.39 is 0 Å². The molecule has 0 N–H and O–H groups in total. The molecule has 0 spiro atoms. The zero-order valence-electron chi connectivity index (χ0n) is 20.9. The summed E-state index contributed by atoms with van der Waals surface area (Å²) in [6, 6.07) is 0. The topological polar surface area (TPSA) is 51.6 Å². The van der Waals surface area contributed by atoms with Crippen LogP contribution in [0.4, 0.5) is 0 Å². The molecule has 14 heteroatoms. The number of benzene rings is 3. The van der Waals surface area contributed by atoms with Gasteiger partial charge in [0.2, 0.25) is 0 Å². The highest BCUT2D eigenvalue weighted by Gasteiger charge is 2.30. The van der Waals surface area contributed by atoms with Gasteiger partial charge in [0.1, 0.15) is 10.0 Å². The second-order valence-corrected chi connectivity index (χ2v) is 14.1. The molecule has 5 aromatic rings. The van der Waals surface area contributed by atoms with Crippen LogP contribution in [0.5, 0.6) is 0 Å². The SMILES string of the molecule is CCCCc1nnc(-c2c(Cl)c(Cl)c3c(c2Cl)c(Cl)c(Cl)c2c(Cl)c(Cl)c(-c4nnc(CCCC)s4)c(Cl)c23)s1. The van der Waals surface area contributed by atoms with Crippen molar-refractivity contribution in [1.29, 1.82) is 0 Å². The van der Waals surface area contributed by atoms with E-state index in [0.29, 0.717) is 42.7 Å². The molecule has 210 valence electrons. The number of aromatic nitrogens is 4. The Morgan fingerprint density at radius 2 is 0.800 bits per heavy atom. The molecular weight excluding hydrogens is 716 g/mol. The molecule has 4 nitrogen and oxygen atoms in total. The van der Waals surface area contributed by atoms with Gasteiger partial charge in [0.25, 0.3) is 0 Å². The predicted molar refractivity (Wildman–Crippen MR) is 177 cm³/mol. The van der Waals surface area contributed by atoms with Crippen LogP contribution in [0.3, 0.4) is 0 Å². The van der Waals surface area contributed by atoms with E-state index >= 15 is 0 Å². The van der Waals surface area contributed by atoms with Gasteiger partial charge in [-0.1, -0.05) is 142 Å². The molecule has 5 rings (SSSR count). The second-order valence-electron chi connectivity index (χ2n) is 8.97. The number of aryl methyl sites for hydroxylation is 2. The fourth-order valence-corrected chi connectivity index (χ4v) is 9.10. The van der Waals surface area contributed by atoms with Gasteiger partial charge in [0.15, 0.2) is 10.0 Å². The summed E-state index contributed by atoms with van der Waals surface area (Å²) in [6.07, 6.45) is 5.62. The van der Waals surface area contributed by atoms with Gasteiger partial charge in [-0.05, 0) is 12.8 Å². The molecule has 0 bridgehead atoms. The van der Waals surface area contributed by atoms with E-state index in [-0.39, 0.29) is 40.2 Å². The first-order valence-electron chi connectivity index (χ1n) is 12.2. The van der Waals surface area contributed by atoms with Crippen LogP contribution in [-0.4, -0.2) is 20.4 Å². The monoisotopic (exact) mass is 730 g/mol. The molecule has 0 saturated heterocycles. The summed E-state index contributed by atoms with van der Waals surface area (Å²) < 4.78 is 0. The molecule has 0 unspecified atom stereocenters. The quantitative estimate of drug-likeness (QED) is 0.118. The lowest BCUT2D eigenvalue weighted by Gasteiger charge is -2.19. The van der Waals surface area contributed by atoms with Crippen molar-refractivity contribution in [3.8, 4) is 21.1 Å². The first-order valence-corrected chi connectivity index (χ1v) is 16.9. The highest BCUT2D eigenvalue weighted by atomic mass is 35.5. The minimum Gasteiger partial charge on any atom is -0.143 e. The molecule has 0 amide bonds. The summed E-state index contributed by atoms with van der Waals surface area (Å²) in [6.45, 7) is 4.22. The number of rotatable bonds is 8. The summed E-state index contributed by atoms with van der Waals surface area (Å²) in [5.41, 5.74) is 0.831. The normalized spacial score (nSPS) is 11.8. The Bertz CT molecular complexity index is 1780. The van der Waals surface area contributed by atoms with Crippen molar-refractivity contribution in [1.82, 2.24) is 20.4 Å². The van der Waals surface area contributed by atoms with E-state index in [9.17, 15) is 0 Å². The lowest BCUT2D eigenvalue weighted by atomic mass is 9.97. The standard InChI is InChI=1S/C26H18Cl8N4S2/c1-3-5-7-9-35-37-25(39-9)15-17(27)11-12-13(20(30)21(31)14(11)22(32)24(15)34)18(28)16(23(33)19(12)29)26-38-36-10(40-26)8-6-4-2/h3-8H2,1-2H3. The third-order valence-corrected chi connectivity index (χ3v) is 11.7. The molecule has 0 aliphatic heterocycles. The minimum absolute atomic E-state index is 0.123. The van der Waals surface area contributed by atoms with Crippen LogP contribution in [0.1, 0.15) is 49.5 Å². The number of unbranched alkanes of at least 4 members (excludes halogenated alkanes) is 2. The molecule has 2 aromatic heterocycles. The van der Waals surface area contributed by atoms with Crippen LogP contribution < -0.4 is 0 Å². The number of hydrogen-bond donors (Lipinski definition) is 0. The van der Waals surface area contributed by atoms with Gasteiger partial charge in [-0.3, -0.25) is 0 Å². The number of nitrogens with zero attached hydrogens (tertiary/aromatic N) is 4. The summed E-state index contributed by atoms with van der Waals surface area (Å²) in [5.74, 6) is 0. The third-order valence-electron chi connectivity index (χ3n) is 6.37. The fourth-order valence-electron chi connectivity index (χ4n) is 4.36. The Morgan fingerprint density at radius 3 is 1.25 bits per heavy atom. The van der Waals surface area contributed by atoms with Gasteiger partial charge in [0, 0.05) is 34.4 Å². The molecule has 2 heterocycles. The van der Waals surface area contributed by atoms with Crippen molar-refractivity contribution in [2.45, 2.75) is 52.4 Å². The van der Waals surface area contributed by atoms with Gasteiger partial charge in [0.05, 0.1) is 51.3 Å². The molecule has 0 radical (unpaired) electrons. The maximum atomic E-state index is 7.08. The Balaban J connectivity index is 1.85. The molecule has 40 heavy (non-hydrogen) atoms. The predicted octanol–water partition coefficient (Wildman–Crippen LogP) is 12.9.